The minimum Gasteiger partial charge on any atom is -0.379 e. The number of morpholine rings is 1. The number of amides is 1. The van der Waals surface area contributed by atoms with E-state index in [1.807, 2.05) is 0 Å². The highest BCUT2D eigenvalue weighted by Gasteiger charge is 2.24. The Kier molecular flexibility index (Phi) is 7.75. The van der Waals surface area contributed by atoms with Crippen molar-refractivity contribution in [1.29, 1.82) is 0 Å². The van der Waals surface area contributed by atoms with Gasteiger partial charge in [0.25, 0.3) is 5.91 Å². The van der Waals surface area contributed by atoms with Crippen LogP contribution < -0.4 is 5.32 Å². The number of rotatable bonds is 7. The maximum Gasteiger partial charge on any atom is 0.254 e. The minimum atomic E-state index is -0.271. The summed E-state index contributed by atoms with van der Waals surface area (Å²) in [5.74, 6) is -0.442. The largest absolute Gasteiger partial charge is 0.379 e. The summed E-state index contributed by atoms with van der Waals surface area (Å²) in [6, 6.07) is 16.3. The maximum absolute atomic E-state index is 13.5. The molecule has 33 heavy (non-hydrogen) atoms. The molecular formula is C26H28FN3O2S. The summed E-state index contributed by atoms with van der Waals surface area (Å²) in [4.78, 5) is 21.0. The Morgan fingerprint density at radius 3 is 2.64 bits per heavy atom. The number of ether oxygens (including phenoxy) is 1. The second kappa shape index (κ2) is 10.9. The van der Waals surface area contributed by atoms with Gasteiger partial charge in [0, 0.05) is 30.7 Å². The monoisotopic (exact) mass is 465 g/mol. The van der Waals surface area contributed by atoms with Crippen LogP contribution in [0.15, 0.2) is 70.7 Å². The zero-order valence-electron chi connectivity index (χ0n) is 18.9. The lowest BCUT2D eigenvalue weighted by molar-refractivity contribution is 0.0162. The van der Waals surface area contributed by atoms with Crippen LogP contribution in [-0.4, -0.2) is 48.6 Å². The molecule has 0 bridgehead atoms. The first-order valence-corrected chi connectivity index (χ1v) is 11.9. The van der Waals surface area contributed by atoms with Gasteiger partial charge >= 0.3 is 0 Å². The number of hydrogen-bond donors (Lipinski definition) is 1. The highest BCUT2D eigenvalue weighted by molar-refractivity contribution is 7.99. The van der Waals surface area contributed by atoms with Crippen LogP contribution >= 0.6 is 11.8 Å². The molecule has 0 spiro atoms. The Bertz CT molecular complexity index is 1100. The lowest BCUT2D eigenvalue weighted by Crippen LogP contribution is -2.43. The molecule has 5 nitrogen and oxygen atoms in total. The molecule has 172 valence electrons. The van der Waals surface area contributed by atoms with Gasteiger partial charge in [0.05, 0.1) is 24.8 Å². The third-order valence-electron chi connectivity index (χ3n) is 5.75. The van der Waals surface area contributed by atoms with Crippen molar-refractivity contribution >= 4 is 17.7 Å². The van der Waals surface area contributed by atoms with Gasteiger partial charge < -0.3 is 10.1 Å². The van der Waals surface area contributed by atoms with Crippen molar-refractivity contribution in [2.24, 2.45) is 0 Å². The SMILES string of the molecule is Cc1ccc(Sc2ncccc2C(=O)NC[C@H](c2ccc(F)cc2)N2CCOCC2)c(C)c1. The molecule has 1 fully saturated rings. The van der Waals surface area contributed by atoms with Crippen LogP contribution in [-0.2, 0) is 4.74 Å². The maximum atomic E-state index is 13.5. The molecule has 4 rings (SSSR count). The normalized spacial score (nSPS) is 15.2. The van der Waals surface area contributed by atoms with E-state index in [1.165, 1.54) is 29.5 Å². The Hall–Kier alpha value is -2.74. The number of carbonyl (C=O) groups is 1. The molecule has 1 aromatic heterocycles. The van der Waals surface area contributed by atoms with Gasteiger partial charge in [-0.15, -0.1) is 0 Å². The molecule has 1 aliphatic heterocycles. The summed E-state index contributed by atoms with van der Waals surface area (Å²) in [5.41, 5.74) is 3.86. The molecule has 0 radical (unpaired) electrons. The van der Waals surface area contributed by atoms with E-state index in [1.54, 1.807) is 30.5 Å². The van der Waals surface area contributed by atoms with Crippen LogP contribution in [0.5, 0.6) is 0 Å². The number of hydrogen-bond acceptors (Lipinski definition) is 5. The van der Waals surface area contributed by atoms with E-state index >= 15 is 0 Å². The molecule has 7 heteroatoms. The second-order valence-electron chi connectivity index (χ2n) is 8.15. The average Bonchev–Trinajstić information content (AvgIpc) is 2.83. The molecule has 1 atom stereocenters. The van der Waals surface area contributed by atoms with Gasteiger partial charge in [0.15, 0.2) is 0 Å². The Balaban J connectivity index is 1.51. The molecular weight excluding hydrogens is 437 g/mol. The van der Waals surface area contributed by atoms with E-state index in [-0.39, 0.29) is 17.8 Å². The predicted molar refractivity (Wildman–Crippen MR) is 128 cm³/mol. The zero-order chi connectivity index (χ0) is 23.2. The quantitative estimate of drug-likeness (QED) is 0.544. The minimum absolute atomic E-state index is 0.0643. The van der Waals surface area contributed by atoms with E-state index in [2.05, 4.69) is 47.2 Å². The van der Waals surface area contributed by atoms with Crippen LogP contribution in [0.1, 0.15) is 33.1 Å². The van der Waals surface area contributed by atoms with Gasteiger partial charge in [-0.2, -0.15) is 0 Å². The van der Waals surface area contributed by atoms with Crippen LogP contribution in [0, 0.1) is 19.7 Å². The van der Waals surface area contributed by atoms with Gasteiger partial charge in [-0.1, -0.05) is 41.6 Å². The van der Waals surface area contributed by atoms with Gasteiger partial charge in [-0.25, -0.2) is 9.37 Å². The molecule has 0 saturated carbocycles. The summed E-state index contributed by atoms with van der Waals surface area (Å²) in [6.07, 6.45) is 1.71. The van der Waals surface area contributed by atoms with Crippen molar-refractivity contribution in [1.82, 2.24) is 15.2 Å². The van der Waals surface area contributed by atoms with Crippen LogP contribution in [0.25, 0.3) is 0 Å². The number of nitrogens with one attached hydrogen (secondary N) is 1. The standard InChI is InChI=1S/C26H28FN3O2S/c1-18-5-10-24(19(2)16-18)33-26-22(4-3-11-28-26)25(31)29-17-23(30-12-14-32-15-13-30)20-6-8-21(27)9-7-20/h3-11,16,23H,12-15,17H2,1-2H3,(H,29,31)/t23-/m1/s1. The Labute approximate surface area is 198 Å². The topological polar surface area (TPSA) is 54.5 Å². The smallest absolute Gasteiger partial charge is 0.254 e. The van der Waals surface area contributed by atoms with Crippen molar-refractivity contribution in [3.63, 3.8) is 0 Å². The summed E-state index contributed by atoms with van der Waals surface area (Å²) >= 11 is 1.50. The molecule has 3 aromatic rings. The fraction of sp³-hybridized carbons (Fsp3) is 0.308. The predicted octanol–water partition coefficient (Wildman–Crippen LogP) is 4.79. The van der Waals surface area contributed by atoms with Crippen molar-refractivity contribution < 1.29 is 13.9 Å². The summed E-state index contributed by atoms with van der Waals surface area (Å²) in [7, 11) is 0. The van der Waals surface area contributed by atoms with Crippen LogP contribution in [0.4, 0.5) is 4.39 Å². The first-order valence-electron chi connectivity index (χ1n) is 11.1. The fourth-order valence-corrected chi connectivity index (χ4v) is 4.93. The number of aryl methyl sites for hydroxylation is 2. The lowest BCUT2D eigenvalue weighted by atomic mass is 10.0. The van der Waals surface area contributed by atoms with E-state index in [4.69, 9.17) is 4.74 Å². The third-order valence-corrected chi connectivity index (χ3v) is 6.95. The Morgan fingerprint density at radius 1 is 1.15 bits per heavy atom. The number of carbonyl (C=O) groups excluding carboxylic acids is 1. The Morgan fingerprint density at radius 2 is 1.91 bits per heavy atom. The number of aromatic nitrogens is 1. The van der Waals surface area contributed by atoms with Gasteiger partial charge in [0.2, 0.25) is 0 Å². The van der Waals surface area contributed by atoms with E-state index in [9.17, 15) is 9.18 Å². The molecule has 1 aliphatic rings. The summed E-state index contributed by atoms with van der Waals surface area (Å²) in [6.45, 7) is 7.35. The van der Waals surface area contributed by atoms with Crippen molar-refractivity contribution in [3.8, 4) is 0 Å². The molecule has 1 saturated heterocycles. The first-order chi connectivity index (χ1) is 16.0. The van der Waals surface area contributed by atoms with Gasteiger partial charge in [-0.3, -0.25) is 9.69 Å². The van der Waals surface area contributed by atoms with E-state index < -0.39 is 0 Å². The molecule has 1 amide bonds. The van der Waals surface area contributed by atoms with Crippen LogP contribution in [0.3, 0.4) is 0 Å². The molecule has 0 aliphatic carbocycles. The van der Waals surface area contributed by atoms with Crippen molar-refractivity contribution in [2.45, 2.75) is 29.8 Å². The number of benzene rings is 2. The third kappa shape index (κ3) is 5.99. The van der Waals surface area contributed by atoms with Gasteiger partial charge in [0.1, 0.15) is 10.8 Å². The molecule has 2 heterocycles. The van der Waals surface area contributed by atoms with Crippen molar-refractivity contribution in [3.05, 3.63) is 88.9 Å². The first kappa shape index (κ1) is 23.4. The molecule has 2 aromatic carbocycles. The summed E-state index contributed by atoms with van der Waals surface area (Å²) < 4.78 is 19.0. The number of nitrogens with zero attached hydrogens (tertiary/aromatic N) is 2. The average molecular weight is 466 g/mol. The number of pyridine rings is 1. The molecule has 0 unspecified atom stereocenters. The van der Waals surface area contributed by atoms with Crippen molar-refractivity contribution in [2.75, 3.05) is 32.8 Å². The number of halogens is 1. The highest BCUT2D eigenvalue weighted by Crippen LogP contribution is 2.31. The van der Waals surface area contributed by atoms with Crippen LogP contribution in [0.2, 0.25) is 0 Å². The van der Waals surface area contributed by atoms with E-state index in [0.29, 0.717) is 30.3 Å². The summed E-state index contributed by atoms with van der Waals surface area (Å²) in [5, 5.41) is 3.76. The second-order valence-corrected chi connectivity index (χ2v) is 9.18. The molecule has 1 N–H and O–H groups in total. The zero-order valence-corrected chi connectivity index (χ0v) is 19.7. The highest BCUT2D eigenvalue weighted by atomic mass is 32.2. The lowest BCUT2D eigenvalue weighted by Gasteiger charge is -2.35. The van der Waals surface area contributed by atoms with Gasteiger partial charge in [-0.05, 0) is 55.3 Å². The fourth-order valence-electron chi connectivity index (χ4n) is 3.98. The van der Waals surface area contributed by atoms with E-state index in [0.717, 1.165) is 29.1 Å².